The molecule has 0 heterocycles. The Bertz CT molecular complexity index is 460. The molecular weight excluding hydrogens is 230 g/mol. The van der Waals surface area contributed by atoms with Crippen LogP contribution >= 0.6 is 0 Å². The van der Waals surface area contributed by atoms with Gasteiger partial charge in [-0.3, -0.25) is 9.59 Å². The summed E-state index contributed by atoms with van der Waals surface area (Å²) in [4.78, 5) is 25.1. The van der Waals surface area contributed by atoms with Crippen molar-refractivity contribution in [3.63, 3.8) is 0 Å². The van der Waals surface area contributed by atoms with E-state index < -0.39 is 0 Å². The first kappa shape index (κ1) is 12.6. The van der Waals surface area contributed by atoms with E-state index in [0.29, 0.717) is 18.4 Å². The topological polar surface area (TPSA) is 57.6 Å². The summed E-state index contributed by atoms with van der Waals surface area (Å²) in [7, 11) is 1.76. The number of amides is 1. The van der Waals surface area contributed by atoms with E-state index >= 15 is 0 Å². The normalized spacial score (nSPS) is 16.6. The van der Waals surface area contributed by atoms with E-state index in [-0.39, 0.29) is 23.5 Å². The van der Waals surface area contributed by atoms with Gasteiger partial charge in [-0.1, -0.05) is 6.07 Å². The van der Waals surface area contributed by atoms with Gasteiger partial charge in [-0.2, -0.15) is 0 Å². The minimum atomic E-state index is -0.106. The molecule has 0 atom stereocenters. The molecule has 0 saturated heterocycles. The number of carbonyl (C=O) groups excluding carboxylic acids is 2. The van der Waals surface area contributed by atoms with Crippen molar-refractivity contribution in [2.75, 3.05) is 7.05 Å². The second-order valence-electron chi connectivity index (χ2n) is 4.74. The highest BCUT2D eigenvalue weighted by Gasteiger charge is 2.25. The van der Waals surface area contributed by atoms with E-state index in [9.17, 15) is 14.7 Å². The Kier molecular flexibility index (Phi) is 3.65. The molecule has 1 amide bonds. The van der Waals surface area contributed by atoms with Gasteiger partial charge in [-0.05, 0) is 31.0 Å². The molecule has 1 aliphatic carbocycles. The fourth-order valence-electron chi connectivity index (χ4n) is 2.32. The number of aromatic hydroxyl groups is 1. The van der Waals surface area contributed by atoms with E-state index in [1.807, 2.05) is 0 Å². The predicted molar refractivity (Wildman–Crippen MR) is 67.5 cm³/mol. The maximum Gasteiger partial charge on any atom is 0.253 e. The Hall–Kier alpha value is -1.84. The van der Waals surface area contributed by atoms with Crippen LogP contribution in [-0.2, 0) is 4.79 Å². The second kappa shape index (κ2) is 5.21. The number of ketones is 1. The van der Waals surface area contributed by atoms with Gasteiger partial charge in [-0.25, -0.2) is 0 Å². The van der Waals surface area contributed by atoms with Crippen LogP contribution in [0.5, 0.6) is 5.75 Å². The van der Waals surface area contributed by atoms with Crippen LogP contribution in [0.3, 0.4) is 0 Å². The van der Waals surface area contributed by atoms with Crippen molar-refractivity contribution >= 4 is 11.7 Å². The van der Waals surface area contributed by atoms with Crippen LogP contribution in [0, 0.1) is 0 Å². The summed E-state index contributed by atoms with van der Waals surface area (Å²) in [6.07, 6.45) is 2.59. The molecule has 1 fully saturated rings. The monoisotopic (exact) mass is 247 g/mol. The minimum Gasteiger partial charge on any atom is -0.508 e. The average molecular weight is 247 g/mol. The van der Waals surface area contributed by atoms with Crippen molar-refractivity contribution in [2.45, 2.75) is 31.7 Å². The summed E-state index contributed by atoms with van der Waals surface area (Å²) >= 11 is 0. The molecule has 1 aromatic carbocycles. The third-order valence-electron chi connectivity index (χ3n) is 3.47. The van der Waals surface area contributed by atoms with Crippen LogP contribution in [0.4, 0.5) is 0 Å². The Balaban J connectivity index is 2.07. The lowest BCUT2D eigenvalue weighted by Crippen LogP contribution is -2.39. The number of rotatable bonds is 2. The smallest absolute Gasteiger partial charge is 0.253 e. The molecule has 0 radical (unpaired) electrons. The molecule has 4 heteroatoms. The number of phenolic OH excluding ortho intramolecular Hbond substituents is 1. The molecule has 0 aromatic heterocycles. The van der Waals surface area contributed by atoms with Crippen molar-refractivity contribution in [2.24, 2.45) is 0 Å². The molecule has 4 nitrogen and oxygen atoms in total. The largest absolute Gasteiger partial charge is 0.508 e. The standard InChI is InChI=1S/C14H17NO3/c1-15(11-5-7-12(16)8-6-11)14(18)10-3-2-4-13(17)9-10/h2-4,9,11,17H,5-8H2,1H3. The van der Waals surface area contributed by atoms with E-state index in [0.717, 1.165) is 12.8 Å². The Morgan fingerprint density at radius 2 is 2.00 bits per heavy atom. The highest BCUT2D eigenvalue weighted by atomic mass is 16.3. The van der Waals surface area contributed by atoms with Gasteiger partial charge >= 0.3 is 0 Å². The van der Waals surface area contributed by atoms with Crippen LogP contribution in [-0.4, -0.2) is 34.8 Å². The molecule has 0 bridgehead atoms. The van der Waals surface area contributed by atoms with Crippen LogP contribution < -0.4 is 0 Å². The third kappa shape index (κ3) is 2.70. The number of nitrogens with zero attached hydrogens (tertiary/aromatic N) is 1. The second-order valence-corrected chi connectivity index (χ2v) is 4.74. The van der Waals surface area contributed by atoms with Gasteiger partial charge in [0.25, 0.3) is 5.91 Å². The molecule has 1 saturated carbocycles. The first-order chi connectivity index (χ1) is 8.58. The highest BCUT2D eigenvalue weighted by molar-refractivity contribution is 5.94. The number of Topliss-reactive ketones (excluding diaryl/α,β-unsaturated/α-hetero) is 1. The Morgan fingerprint density at radius 3 is 2.61 bits per heavy atom. The average Bonchev–Trinajstić information content (AvgIpc) is 2.38. The molecule has 0 aliphatic heterocycles. The predicted octanol–water partition coefficient (Wildman–Crippen LogP) is 1.98. The molecule has 0 unspecified atom stereocenters. The number of hydrogen-bond donors (Lipinski definition) is 1. The number of hydrogen-bond acceptors (Lipinski definition) is 3. The van der Waals surface area contributed by atoms with Crippen LogP contribution in [0.15, 0.2) is 24.3 Å². The van der Waals surface area contributed by atoms with Crippen LogP contribution in [0.2, 0.25) is 0 Å². The molecular formula is C14H17NO3. The highest BCUT2D eigenvalue weighted by Crippen LogP contribution is 2.21. The molecule has 1 N–H and O–H groups in total. The zero-order valence-corrected chi connectivity index (χ0v) is 10.4. The fraction of sp³-hybridized carbons (Fsp3) is 0.429. The quantitative estimate of drug-likeness (QED) is 0.869. The van der Waals surface area contributed by atoms with Gasteiger partial charge in [0.15, 0.2) is 0 Å². The SMILES string of the molecule is CN(C(=O)c1cccc(O)c1)C1CCC(=O)CC1. The molecule has 96 valence electrons. The zero-order chi connectivity index (χ0) is 13.1. The van der Waals surface area contributed by atoms with Gasteiger partial charge in [0, 0.05) is 31.5 Å². The van der Waals surface area contributed by atoms with E-state index in [4.69, 9.17) is 0 Å². The van der Waals surface area contributed by atoms with E-state index in [2.05, 4.69) is 0 Å². The van der Waals surface area contributed by atoms with Crippen molar-refractivity contribution in [3.05, 3.63) is 29.8 Å². The van der Waals surface area contributed by atoms with Crippen molar-refractivity contribution in [1.82, 2.24) is 4.90 Å². The lowest BCUT2D eigenvalue weighted by Gasteiger charge is -2.30. The Labute approximate surface area is 106 Å². The number of carbonyl (C=O) groups is 2. The lowest BCUT2D eigenvalue weighted by molar-refractivity contribution is -0.121. The molecule has 1 aromatic rings. The van der Waals surface area contributed by atoms with Crippen LogP contribution in [0.1, 0.15) is 36.0 Å². The van der Waals surface area contributed by atoms with Gasteiger partial charge in [-0.15, -0.1) is 0 Å². The van der Waals surface area contributed by atoms with Gasteiger partial charge in [0.05, 0.1) is 0 Å². The summed E-state index contributed by atoms with van der Waals surface area (Å²) in [6.45, 7) is 0. The molecule has 18 heavy (non-hydrogen) atoms. The Morgan fingerprint density at radius 1 is 1.33 bits per heavy atom. The molecule has 1 aliphatic rings. The van der Waals surface area contributed by atoms with Crippen LogP contribution in [0.25, 0.3) is 0 Å². The summed E-state index contributed by atoms with van der Waals surface area (Å²) in [5, 5.41) is 9.37. The first-order valence-electron chi connectivity index (χ1n) is 6.16. The molecule has 0 spiro atoms. The maximum absolute atomic E-state index is 12.2. The van der Waals surface area contributed by atoms with Crippen molar-refractivity contribution < 1.29 is 14.7 Å². The summed E-state index contributed by atoms with van der Waals surface area (Å²) in [6, 6.07) is 6.47. The zero-order valence-electron chi connectivity index (χ0n) is 10.4. The maximum atomic E-state index is 12.2. The fourth-order valence-corrected chi connectivity index (χ4v) is 2.32. The third-order valence-corrected chi connectivity index (χ3v) is 3.47. The van der Waals surface area contributed by atoms with E-state index in [1.54, 1.807) is 24.1 Å². The molecule has 2 rings (SSSR count). The van der Waals surface area contributed by atoms with Gasteiger partial charge < -0.3 is 10.0 Å². The number of phenols is 1. The van der Waals surface area contributed by atoms with Gasteiger partial charge in [0.2, 0.25) is 0 Å². The number of benzene rings is 1. The van der Waals surface area contributed by atoms with E-state index in [1.165, 1.54) is 12.1 Å². The summed E-state index contributed by atoms with van der Waals surface area (Å²) in [5.41, 5.74) is 0.481. The minimum absolute atomic E-state index is 0.0908. The lowest BCUT2D eigenvalue weighted by atomic mass is 9.93. The first-order valence-corrected chi connectivity index (χ1v) is 6.16. The summed E-state index contributed by atoms with van der Waals surface area (Å²) < 4.78 is 0. The van der Waals surface area contributed by atoms with Gasteiger partial charge in [0.1, 0.15) is 11.5 Å². The summed E-state index contributed by atoms with van der Waals surface area (Å²) in [5.74, 6) is 0.266. The van der Waals surface area contributed by atoms with Crippen molar-refractivity contribution in [1.29, 1.82) is 0 Å². The van der Waals surface area contributed by atoms with Crippen molar-refractivity contribution in [3.8, 4) is 5.75 Å².